The molecule has 1 aromatic heterocycles. The molecule has 7 nitrogen and oxygen atoms in total. The SMILES string of the molecule is CC(=O)c1ccc(Nc2nc(C)cc(Nc3ccc(C(=O)O)cc3)n2)cc1. The summed E-state index contributed by atoms with van der Waals surface area (Å²) in [5.41, 5.74) is 3.10. The lowest BCUT2D eigenvalue weighted by atomic mass is 10.1. The van der Waals surface area contributed by atoms with Crippen LogP contribution in [0.4, 0.5) is 23.1 Å². The van der Waals surface area contributed by atoms with Crippen LogP contribution in [-0.2, 0) is 0 Å². The lowest BCUT2D eigenvalue weighted by molar-refractivity contribution is 0.0696. The summed E-state index contributed by atoms with van der Waals surface area (Å²) in [5.74, 6) is 0.0270. The van der Waals surface area contributed by atoms with Crippen LogP contribution >= 0.6 is 0 Å². The van der Waals surface area contributed by atoms with Crippen LogP contribution in [0.1, 0.15) is 33.3 Å². The zero-order valence-corrected chi connectivity index (χ0v) is 14.9. The number of aromatic carboxylic acids is 1. The molecule has 0 aliphatic carbocycles. The van der Waals surface area contributed by atoms with Gasteiger partial charge in [-0.1, -0.05) is 0 Å². The maximum absolute atomic E-state index is 11.4. The number of nitrogens with zero attached hydrogens (tertiary/aromatic N) is 2. The summed E-state index contributed by atoms with van der Waals surface area (Å²) >= 11 is 0. The molecule has 0 aliphatic rings. The average molecular weight is 362 g/mol. The van der Waals surface area contributed by atoms with Crippen molar-refractivity contribution in [3.8, 4) is 0 Å². The smallest absolute Gasteiger partial charge is 0.335 e. The van der Waals surface area contributed by atoms with E-state index in [1.807, 2.05) is 6.92 Å². The Labute approximate surface area is 156 Å². The van der Waals surface area contributed by atoms with E-state index in [4.69, 9.17) is 5.11 Å². The fourth-order valence-electron chi connectivity index (χ4n) is 2.45. The number of carbonyl (C=O) groups is 2. The van der Waals surface area contributed by atoms with Crippen LogP contribution in [0.2, 0.25) is 0 Å². The van der Waals surface area contributed by atoms with E-state index in [1.54, 1.807) is 42.5 Å². The Kier molecular flexibility index (Phi) is 5.12. The van der Waals surface area contributed by atoms with Gasteiger partial charge in [0.25, 0.3) is 0 Å². The number of nitrogens with one attached hydrogen (secondary N) is 2. The molecular weight excluding hydrogens is 344 g/mol. The standard InChI is InChI=1S/C20H18N4O3/c1-12-11-18(22-16-9-5-15(6-10-16)19(26)27)24-20(21-12)23-17-7-3-14(4-8-17)13(2)25/h3-11H,1-2H3,(H,26,27)(H2,21,22,23,24). The van der Waals surface area contributed by atoms with Gasteiger partial charge in [0.15, 0.2) is 5.78 Å². The molecule has 0 saturated carbocycles. The number of ketones is 1. The van der Waals surface area contributed by atoms with Gasteiger partial charge >= 0.3 is 5.97 Å². The number of Topliss-reactive ketones (excluding diaryl/α,β-unsaturated/α-hetero) is 1. The molecule has 0 spiro atoms. The summed E-state index contributed by atoms with van der Waals surface area (Å²) in [4.78, 5) is 31.1. The Morgan fingerprint density at radius 1 is 0.852 bits per heavy atom. The van der Waals surface area contributed by atoms with Gasteiger partial charge in [-0.25, -0.2) is 9.78 Å². The molecule has 136 valence electrons. The van der Waals surface area contributed by atoms with E-state index in [2.05, 4.69) is 20.6 Å². The Balaban J connectivity index is 1.77. The van der Waals surface area contributed by atoms with Crippen LogP contribution in [0.25, 0.3) is 0 Å². The summed E-state index contributed by atoms with van der Waals surface area (Å²) in [6, 6.07) is 15.2. The third-order valence-corrected chi connectivity index (χ3v) is 3.81. The lowest BCUT2D eigenvalue weighted by Crippen LogP contribution is -2.03. The molecule has 0 bridgehead atoms. The van der Waals surface area contributed by atoms with E-state index >= 15 is 0 Å². The zero-order valence-electron chi connectivity index (χ0n) is 14.9. The Morgan fingerprint density at radius 2 is 1.41 bits per heavy atom. The first-order valence-corrected chi connectivity index (χ1v) is 8.25. The normalized spacial score (nSPS) is 10.3. The van der Waals surface area contributed by atoms with Crippen molar-refractivity contribution in [1.82, 2.24) is 9.97 Å². The molecule has 27 heavy (non-hydrogen) atoms. The second-order valence-corrected chi connectivity index (χ2v) is 5.98. The van der Waals surface area contributed by atoms with Crippen molar-refractivity contribution < 1.29 is 14.7 Å². The molecule has 0 atom stereocenters. The minimum Gasteiger partial charge on any atom is -0.478 e. The molecule has 3 aromatic rings. The molecule has 0 aliphatic heterocycles. The van der Waals surface area contributed by atoms with Crippen molar-refractivity contribution in [2.45, 2.75) is 13.8 Å². The van der Waals surface area contributed by atoms with E-state index in [-0.39, 0.29) is 11.3 Å². The van der Waals surface area contributed by atoms with Crippen LogP contribution in [-0.4, -0.2) is 26.8 Å². The fourth-order valence-corrected chi connectivity index (χ4v) is 2.45. The summed E-state index contributed by atoms with van der Waals surface area (Å²) < 4.78 is 0. The van der Waals surface area contributed by atoms with Crippen molar-refractivity contribution >= 4 is 34.9 Å². The zero-order chi connectivity index (χ0) is 19.4. The quantitative estimate of drug-likeness (QED) is 0.565. The van der Waals surface area contributed by atoms with Gasteiger partial charge in [0, 0.05) is 28.7 Å². The van der Waals surface area contributed by atoms with E-state index in [1.165, 1.54) is 19.1 Å². The Morgan fingerprint density at radius 3 is 1.96 bits per heavy atom. The van der Waals surface area contributed by atoms with E-state index in [0.29, 0.717) is 17.3 Å². The minimum absolute atomic E-state index is 0.00811. The molecule has 1 heterocycles. The number of hydrogen-bond acceptors (Lipinski definition) is 6. The van der Waals surface area contributed by atoms with Crippen LogP contribution in [0.3, 0.4) is 0 Å². The first kappa shape index (κ1) is 18.1. The highest BCUT2D eigenvalue weighted by atomic mass is 16.4. The number of benzene rings is 2. The number of aromatic nitrogens is 2. The summed E-state index contributed by atoms with van der Waals surface area (Å²) in [6.45, 7) is 3.37. The van der Waals surface area contributed by atoms with Crippen LogP contribution in [0.15, 0.2) is 54.6 Å². The van der Waals surface area contributed by atoms with Gasteiger partial charge < -0.3 is 15.7 Å². The molecule has 7 heteroatoms. The molecule has 0 saturated heterocycles. The molecule has 0 amide bonds. The van der Waals surface area contributed by atoms with Crippen molar-refractivity contribution in [2.75, 3.05) is 10.6 Å². The van der Waals surface area contributed by atoms with Gasteiger partial charge in [-0.3, -0.25) is 4.79 Å². The third kappa shape index (κ3) is 4.66. The van der Waals surface area contributed by atoms with Gasteiger partial charge in [0.05, 0.1) is 5.56 Å². The maximum Gasteiger partial charge on any atom is 0.335 e. The van der Waals surface area contributed by atoms with Crippen LogP contribution in [0.5, 0.6) is 0 Å². The lowest BCUT2D eigenvalue weighted by Gasteiger charge is -2.10. The number of rotatable bonds is 6. The largest absolute Gasteiger partial charge is 0.478 e. The summed E-state index contributed by atoms with van der Waals surface area (Å²) in [7, 11) is 0. The molecule has 3 N–H and O–H groups in total. The van der Waals surface area contributed by atoms with Crippen molar-refractivity contribution in [3.63, 3.8) is 0 Å². The number of anilines is 4. The highest BCUT2D eigenvalue weighted by molar-refractivity contribution is 5.94. The first-order valence-electron chi connectivity index (χ1n) is 8.25. The number of aryl methyl sites for hydroxylation is 1. The van der Waals surface area contributed by atoms with E-state index in [0.717, 1.165) is 17.1 Å². The second kappa shape index (κ2) is 7.65. The minimum atomic E-state index is -0.971. The maximum atomic E-state index is 11.4. The van der Waals surface area contributed by atoms with Crippen molar-refractivity contribution in [3.05, 3.63) is 71.4 Å². The molecule has 0 fully saturated rings. The van der Waals surface area contributed by atoms with Crippen molar-refractivity contribution in [1.29, 1.82) is 0 Å². The van der Waals surface area contributed by atoms with Crippen molar-refractivity contribution in [2.24, 2.45) is 0 Å². The van der Waals surface area contributed by atoms with Crippen LogP contribution < -0.4 is 10.6 Å². The van der Waals surface area contributed by atoms with Gasteiger partial charge in [-0.2, -0.15) is 4.98 Å². The summed E-state index contributed by atoms with van der Waals surface area (Å²) in [5, 5.41) is 15.2. The molecular formula is C20H18N4O3. The monoisotopic (exact) mass is 362 g/mol. The van der Waals surface area contributed by atoms with Crippen LogP contribution in [0, 0.1) is 6.92 Å². The number of carbonyl (C=O) groups excluding carboxylic acids is 1. The topological polar surface area (TPSA) is 104 Å². The highest BCUT2D eigenvalue weighted by Gasteiger charge is 2.06. The Hall–Kier alpha value is -3.74. The Bertz CT molecular complexity index is 905. The fraction of sp³-hybridized carbons (Fsp3) is 0.100. The average Bonchev–Trinajstić information content (AvgIpc) is 2.62. The second-order valence-electron chi connectivity index (χ2n) is 5.98. The predicted molar refractivity (Wildman–Crippen MR) is 103 cm³/mol. The molecule has 3 rings (SSSR count). The first-order chi connectivity index (χ1) is 12.9. The van der Waals surface area contributed by atoms with Gasteiger partial charge in [0.1, 0.15) is 5.82 Å². The number of hydrogen-bond donors (Lipinski definition) is 3. The predicted octanol–water partition coefficient (Wildman–Crippen LogP) is 4.17. The third-order valence-electron chi connectivity index (χ3n) is 3.81. The number of carboxylic acid groups (broad SMARTS) is 1. The molecule has 2 aromatic carbocycles. The molecule has 0 radical (unpaired) electrons. The molecule has 0 unspecified atom stereocenters. The number of carboxylic acids is 1. The van der Waals surface area contributed by atoms with Gasteiger partial charge in [0.2, 0.25) is 5.95 Å². The summed E-state index contributed by atoms with van der Waals surface area (Å²) in [6.07, 6.45) is 0. The van der Waals surface area contributed by atoms with Gasteiger partial charge in [-0.05, 0) is 62.4 Å². The van der Waals surface area contributed by atoms with E-state index in [9.17, 15) is 9.59 Å². The van der Waals surface area contributed by atoms with Gasteiger partial charge in [-0.15, -0.1) is 0 Å². The highest BCUT2D eigenvalue weighted by Crippen LogP contribution is 2.20. The van der Waals surface area contributed by atoms with E-state index < -0.39 is 5.97 Å².